The molecule has 34 heavy (non-hydrogen) atoms. The van der Waals surface area contributed by atoms with E-state index >= 15 is 0 Å². The van der Waals surface area contributed by atoms with Crippen LogP contribution in [0, 0.1) is 0 Å². The Bertz CT molecular complexity index is 1000. The monoisotopic (exact) mass is 466 g/mol. The lowest BCUT2D eigenvalue weighted by atomic mass is 9.97. The highest BCUT2D eigenvalue weighted by atomic mass is 16.5. The molecular formula is C26H30N2O6. The summed E-state index contributed by atoms with van der Waals surface area (Å²) in [5, 5.41) is 0. The first-order valence-corrected chi connectivity index (χ1v) is 11.9. The standard InChI is InChI=1S/C26H30N2O6/c1-3-31-25(29)21-11-17-5-7-24-20(9-17)14-28(16-34-24)22(26(30)32-4-2)12-18-6-8-23-19(10-18)13-27(21)15-33-23/h5-10,21-22H,3-4,11-16H2,1-2H3. The molecule has 3 heterocycles. The van der Waals surface area contributed by atoms with Crippen LogP contribution in [0.5, 0.6) is 11.5 Å². The fourth-order valence-corrected chi connectivity index (χ4v) is 4.93. The van der Waals surface area contributed by atoms with Crippen molar-refractivity contribution in [2.24, 2.45) is 0 Å². The molecule has 2 aromatic rings. The molecule has 0 N–H and O–H groups in total. The summed E-state index contributed by atoms with van der Waals surface area (Å²) in [4.78, 5) is 29.9. The number of carbonyl (C=O) groups is 2. The minimum atomic E-state index is -0.467. The first-order chi connectivity index (χ1) is 16.6. The van der Waals surface area contributed by atoms with Crippen LogP contribution in [0.15, 0.2) is 36.4 Å². The molecular weight excluding hydrogens is 436 g/mol. The highest BCUT2D eigenvalue weighted by Crippen LogP contribution is 2.32. The van der Waals surface area contributed by atoms with E-state index in [4.69, 9.17) is 18.9 Å². The van der Waals surface area contributed by atoms with Crippen molar-refractivity contribution in [1.82, 2.24) is 9.80 Å². The summed E-state index contributed by atoms with van der Waals surface area (Å²) >= 11 is 0. The van der Waals surface area contributed by atoms with Crippen molar-refractivity contribution < 1.29 is 28.5 Å². The third-order valence-electron chi connectivity index (χ3n) is 6.63. The SMILES string of the molecule is CCOC(=O)C1Cc2ccc3c(c2)CN(CO3)C(C(=O)OCC)Cc2ccc3c(c2)CN1CO3. The Balaban J connectivity index is 1.57. The maximum absolute atomic E-state index is 13.0. The van der Waals surface area contributed by atoms with Gasteiger partial charge in [-0.25, -0.2) is 0 Å². The molecule has 0 saturated heterocycles. The highest BCUT2D eigenvalue weighted by molar-refractivity contribution is 5.77. The molecule has 180 valence electrons. The first kappa shape index (κ1) is 22.7. The van der Waals surface area contributed by atoms with Gasteiger partial charge in [-0.2, -0.15) is 0 Å². The first-order valence-electron chi connectivity index (χ1n) is 11.9. The van der Waals surface area contributed by atoms with Crippen LogP contribution < -0.4 is 9.47 Å². The van der Waals surface area contributed by atoms with E-state index in [0.717, 1.165) is 33.8 Å². The van der Waals surface area contributed by atoms with Crippen LogP contribution in [-0.2, 0) is 45.0 Å². The summed E-state index contributed by atoms with van der Waals surface area (Å²) in [5.41, 5.74) is 3.99. The van der Waals surface area contributed by atoms with Gasteiger partial charge in [-0.05, 0) is 49.9 Å². The number of benzene rings is 2. The molecule has 0 aliphatic carbocycles. The van der Waals surface area contributed by atoms with Crippen molar-refractivity contribution in [1.29, 1.82) is 0 Å². The maximum Gasteiger partial charge on any atom is 0.323 e. The van der Waals surface area contributed by atoms with E-state index < -0.39 is 12.1 Å². The lowest BCUT2D eigenvalue weighted by Crippen LogP contribution is -2.48. The van der Waals surface area contributed by atoms with Crippen molar-refractivity contribution in [2.75, 3.05) is 26.7 Å². The fourth-order valence-electron chi connectivity index (χ4n) is 4.93. The molecule has 4 atom stereocenters. The Kier molecular flexibility index (Phi) is 6.43. The zero-order valence-corrected chi connectivity index (χ0v) is 19.6. The van der Waals surface area contributed by atoms with Crippen LogP contribution in [0.2, 0.25) is 0 Å². The van der Waals surface area contributed by atoms with Gasteiger partial charge in [0.15, 0.2) is 0 Å². The van der Waals surface area contributed by atoms with Gasteiger partial charge in [0.2, 0.25) is 0 Å². The summed E-state index contributed by atoms with van der Waals surface area (Å²) in [5.74, 6) is 1.09. The molecule has 4 unspecified atom stereocenters. The Morgan fingerprint density at radius 3 is 1.65 bits per heavy atom. The molecule has 0 spiro atoms. The number of fused-ring (bicyclic) bond motifs is 4. The van der Waals surface area contributed by atoms with Crippen LogP contribution in [0.25, 0.3) is 0 Å². The third-order valence-corrected chi connectivity index (χ3v) is 6.63. The van der Waals surface area contributed by atoms with Crippen LogP contribution in [0.1, 0.15) is 36.1 Å². The average Bonchev–Trinajstić information content (AvgIpc) is 2.84. The molecule has 8 heteroatoms. The number of ether oxygens (including phenoxy) is 4. The molecule has 2 aromatic carbocycles. The van der Waals surface area contributed by atoms with Gasteiger partial charge < -0.3 is 18.9 Å². The Morgan fingerprint density at radius 1 is 0.794 bits per heavy atom. The maximum atomic E-state index is 13.0. The molecule has 0 radical (unpaired) electrons. The van der Waals surface area contributed by atoms with Gasteiger partial charge in [-0.1, -0.05) is 24.3 Å². The van der Waals surface area contributed by atoms with Gasteiger partial charge in [0.05, 0.1) is 13.2 Å². The van der Waals surface area contributed by atoms with Crippen molar-refractivity contribution in [2.45, 2.75) is 51.9 Å². The smallest absolute Gasteiger partial charge is 0.323 e. The van der Waals surface area contributed by atoms with Crippen molar-refractivity contribution in [3.05, 3.63) is 58.7 Å². The summed E-state index contributed by atoms with van der Waals surface area (Å²) in [6, 6.07) is 11.1. The predicted octanol–water partition coefficient (Wildman–Crippen LogP) is 2.65. The molecule has 6 bridgehead atoms. The van der Waals surface area contributed by atoms with Gasteiger partial charge in [-0.15, -0.1) is 0 Å². The summed E-state index contributed by atoms with van der Waals surface area (Å²) in [7, 11) is 0. The second kappa shape index (κ2) is 9.64. The van der Waals surface area contributed by atoms with Gasteiger partial charge in [-0.3, -0.25) is 19.4 Å². The zero-order chi connectivity index (χ0) is 23.7. The predicted molar refractivity (Wildman–Crippen MR) is 123 cm³/mol. The molecule has 3 aliphatic heterocycles. The highest BCUT2D eigenvalue weighted by Gasteiger charge is 2.35. The topological polar surface area (TPSA) is 77.5 Å². The number of esters is 2. The van der Waals surface area contributed by atoms with Crippen molar-refractivity contribution in [3.8, 4) is 11.5 Å². The van der Waals surface area contributed by atoms with Crippen LogP contribution in [0.4, 0.5) is 0 Å². The normalized spacial score (nSPS) is 25.0. The molecule has 8 nitrogen and oxygen atoms in total. The average molecular weight is 467 g/mol. The fraction of sp³-hybridized carbons (Fsp3) is 0.462. The number of hydrogen-bond donors (Lipinski definition) is 0. The quantitative estimate of drug-likeness (QED) is 0.637. The largest absolute Gasteiger partial charge is 0.478 e. The Labute approximate surface area is 199 Å². The molecule has 0 saturated carbocycles. The summed E-state index contributed by atoms with van der Waals surface area (Å²) < 4.78 is 22.9. The lowest BCUT2D eigenvalue weighted by molar-refractivity contribution is -0.152. The van der Waals surface area contributed by atoms with E-state index in [2.05, 4.69) is 12.1 Å². The number of hydrogen-bond acceptors (Lipinski definition) is 8. The van der Waals surface area contributed by atoms with E-state index in [1.54, 1.807) is 0 Å². The van der Waals surface area contributed by atoms with Gasteiger partial charge in [0.1, 0.15) is 37.0 Å². The Hall–Kier alpha value is -3.10. The minimum Gasteiger partial charge on any atom is -0.478 e. The molecule has 0 aromatic heterocycles. The van der Waals surface area contributed by atoms with E-state index in [-0.39, 0.29) is 11.9 Å². The summed E-state index contributed by atoms with van der Waals surface area (Å²) in [6.45, 7) is 6.04. The van der Waals surface area contributed by atoms with Gasteiger partial charge >= 0.3 is 11.9 Å². The van der Waals surface area contributed by atoms with Gasteiger partial charge in [0, 0.05) is 24.2 Å². The summed E-state index contributed by atoms with van der Waals surface area (Å²) in [6.07, 6.45) is 0.984. The van der Waals surface area contributed by atoms with E-state index in [0.29, 0.717) is 52.6 Å². The second-order valence-electron chi connectivity index (χ2n) is 8.87. The van der Waals surface area contributed by atoms with Gasteiger partial charge in [0.25, 0.3) is 0 Å². The molecule has 0 amide bonds. The lowest BCUT2D eigenvalue weighted by Gasteiger charge is -2.36. The van der Waals surface area contributed by atoms with Crippen LogP contribution in [-0.4, -0.2) is 60.5 Å². The van der Waals surface area contributed by atoms with Crippen molar-refractivity contribution in [3.63, 3.8) is 0 Å². The van der Waals surface area contributed by atoms with Crippen molar-refractivity contribution >= 4 is 11.9 Å². The number of nitrogens with zero attached hydrogens (tertiary/aromatic N) is 2. The Morgan fingerprint density at radius 2 is 1.24 bits per heavy atom. The number of rotatable bonds is 4. The van der Waals surface area contributed by atoms with E-state index in [1.165, 1.54) is 0 Å². The minimum absolute atomic E-state index is 0.254. The second-order valence-corrected chi connectivity index (χ2v) is 8.87. The third kappa shape index (κ3) is 4.48. The molecule has 5 rings (SSSR count). The van der Waals surface area contributed by atoms with E-state index in [9.17, 15) is 9.59 Å². The molecule has 0 fully saturated rings. The number of carbonyl (C=O) groups excluding carboxylic acids is 2. The van der Waals surface area contributed by atoms with Crippen LogP contribution in [0.3, 0.4) is 0 Å². The molecule has 3 aliphatic rings. The van der Waals surface area contributed by atoms with Crippen LogP contribution >= 0.6 is 0 Å². The zero-order valence-electron chi connectivity index (χ0n) is 19.6. The van der Waals surface area contributed by atoms with E-state index in [1.807, 2.05) is 47.9 Å².